The number of hydrogen-bond donors (Lipinski definition) is 3. The van der Waals surface area contributed by atoms with Gasteiger partial charge in [0, 0.05) is 6.92 Å². The number of Topliss-reactive ketones (excluding diaryl/α,β-unsaturated/α-hetero) is 1. The first kappa shape index (κ1) is 12.3. The number of carboxylic acid groups (broad SMARTS) is 2. The van der Waals surface area contributed by atoms with E-state index in [1.807, 2.05) is 0 Å². The highest BCUT2D eigenvalue weighted by molar-refractivity contribution is 6.31. The third-order valence-corrected chi connectivity index (χ3v) is 0.476. The van der Waals surface area contributed by atoms with E-state index in [1.165, 1.54) is 0 Å². The first-order valence-electron chi connectivity index (χ1n) is 2.57. The topological polar surface area (TPSA) is 118 Å². The number of rotatable bonds is 2. The van der Waals surface area contributed by atoms with E-state index in [0.717, 1.165) is 6.92 Å². The third-order valence-electron chi connectivity index (χ3n) is 0.476. The predicted octanol–water partition coefficient (Wildman–Crippen LogP) is -1.31. The minimum Gasteiger partial charge on any atom is -0.480 e. The van der Waals surface area contributed by atoms with Gasteiger partial charge in [0.05, 0.1) is 6.54 Å². The summed E-state index contributed by atoms with van der Waals surface area (Å²) in [6.07, 6.45) is 0. The van der Waals surface area contributed by atoms with Gasteiger partial charge >= 0.3 is 11.9 Å². The summed E-state index contributed by atoms with van der Waals surface area (Å²) < 4.78 is 0. The van der Waals surface area contributed by atoms with Gasteiger partial charge in [-0.05, 0) is 0 Å². The SMILES string of the molecule is CC(=O)C(=O)O.NCC(=O)O. The summed E-state index contributed by atoms with van der Waals surface area (Å²) in [5.74, 6) is -3.17. The zero-order valence-corrected chi connectivity index (χ0v) is 5.90. The number of carbonyl (C=O) groups excluding carboxylic acids is 1. The molecular formula is C5H9NO5. The van der Waals surface area contributed by atoms with Crippen LogP contribution in [0.25, 0.3) is 0 Å². The fourth-order valence-electron chi connectivity index (χ4n) is 0. The van der Waals surface area contributed by atoms with Crippen LogP contribution < -0.4 is 5.73 Å². The van der Waals surface area contributed by atoms with Crippen LogP contribution in [-0.4, -0.2) is 34.5 Å². The highest BCUT2D eigenvalue weighted by Crippen LogP contribution is 1.61. The molecule has 0 saturated heterocycles. The maximum absolute atomic E-state index is 9.54. The van der Waals surface area contributed by atoms with Crippen molar-refractivity contribution >= 4 is 17.7 Å². The molecule has 0 fully saturated rings. The Hall–Kier alpha value is -1.43. The molecule has 6 nitrogen and oxygen atoms in total. The summed E-state index contributed by atoms with van der Waals surface area (Å²) in [5, 5.41) is 15.2. The molecule has 11 heavy (non-hydrogen) atoms. The molecule has 0 atom stereocenters. The molecule has 0 radical (unpaired) electrons. The molecular weight excluding hydrogens is 154 g/mol. The van der Waals surface area contributed by atoms with Crippen LogP contribution in [-0.2, 0) is 14.4 Å². The Bertz CT molecular complexity index is 152. The number of hydrogen-bond acceptors (Lipinski definition) is 4. The largest absolute Gasteiger partial charge is 0.480 e. The lowest BCUT2D eigenvalue weighted by Crippen LogP contribution is -2.10. The van der Waals surface area contributed by atoms with Crippen molar-refractivity contribution in [2.75, 3.05) is 6.54 Å². The van der Waals surface area contributed by atoms with Crippen LogP contribution in [0.15, 0.2) is 0 Å². The molecule has 0 aromatic carbocycles. The fourth-order valence-corrected chi connectivity index (χ4v) is 0. The Morgan fingerprint density at radius 1 is 1.27 bits per heavy atom. The predicted molar refractivity (Wildman–Crippen MR) is 35.0 cm³/mol. The normalized spacial score (nSPS) is 7.45. The van der Waals surface area contributed by atoms with Crippen LogP contribution >= 0.6 is 0 Å². The molecule has 0 aliphatic rings. The molecule has 4 N–H and O–H groups in total. The van der Waals surface area contributed by atoms with E-state index in [1.54, 1.807) is 0 Å². The van der Waals surface area contributed by atoms with Gasteiger partial charge in [-0.2, -0.15) is 0 Å². The van der Waals surface area contributed by atoms with E-state index in [-0.39, 0.29) is 6.54 Å². The quantitative estimate of drug-likeness (QED) is 0.435. The van der Waals surface area contributed by atoms with Crippen molar-refractivity contribution in [2.45, 2.75) is 6.92 Å². The van der Waals surface area contributed by atoms with E-state index < -0.39 is 17.7 Å². The fraction of sp³-hybridized carbons (Fsp3) is 0.400. The molecule has 6 heteroatoms. The molecule has 64 valence electrons. The number of carboxylic acids is 2. The summed E-state index contributed by atoms with van der Waals surface area (Å²) in [4.78, 5) is 28.1. The van der Waals surface area contributed by atoms with Gasteiger partial charge < -0.3 is 15.9 Å². The van der Waals surface area contributed by atoms with Crippen molar-refractivity contribution in [3.05, 3.63) is 0 Å². The lowest BCUT2D eigenvalue weighted by molar-refractivity contribution is -0.148. The molecule has 0 heterocycles. The molecule has 0 rings (SSSR count). The smallest absolute Gasteiger partial charge is 0.371 e. The second kappa shape index (κ2) is 6.69. The highest BCUT2D eigenvalue weighted by Gasteiger charge is 1.98. The first-order chi connectivity index (χ1) is 4.91. The van der Waals surface area contributed by atoms with E-state index in [9.17, 15) is 14.4 Å². The molecule has 0 saturated carbocycles. The molecule has 0 aromatic rings. The second-order valence-corrected chi connectivity index (χ2v) is 1.46. The molecule has 0 spiro atoms. The minimum atomic E-state index is -1.38. The maximum atomic E-state index is 9.54. The van der Waals surface area contributed by atoms with E-state index in [2.05, 4.69) is 5.73 Å². The van der Waals surface area contributed by atoms with Crippen molar-refractivity contribution in [1.29, 1.82) is 0 Å². The van der Waals surface area contributed by atoms with Gasteiger partial charge in [-0.3, -0.25) is 9.59 Å². The molecule has 0 aromatic heterocycles. The van der Waals surface area contributed by atoms with Crippen molar-refractivity contribution in [1.82, 2.24) is 0 Å². The first-order valence-corrected chi connectivity index (χ1v) is 2.57. The Balaban J connectivity index is 0. The van der Waals surface area contributed by atoms with Gasteiger partial charge in [-0.15, -0.1) is 0 Å². The lowest BCUT2D eigenvalue weighted by Gasteiger charge is -1.73. The molecule has 0 unspecified atom stereocenters. The lowest BCUT2D eigenvalue weighted by atomic mass is 10.5. The molecule has 0 bridgehead atoms. The van der Waals surface area contributed by atoms with Crippen molar-refractivity contribution in [2.24, 2.45) is 5.73 Å². The summed E-state index contributed by atoms with van der Waals surface area (Å²) in [6, 6.07) is 0. The standard InChI is InChI=1S/C3H4O3.C2H5NO2/c1-2(4)3(5)6;3-1-2(4)5/h1H3,(H,5,6);1,3H2,(H,4,5). The number of aliphatic carboxylic acids is 2. The van der Waals surface area contributed by atoms with Gasteiger partial charge in [-0.25, -0.2) is 4.79 Å². The van der Waals surface area contributed by atoms with Crippen LogP contribution in [0.2, 0.25) is 0 Å². The summed E-state index contributed by atoms with van der Waals surface area (Å²) in [5.41, 5.74) is 4.57. The zero-order chi connectivity index (χ0) is 9.44. The maximum Gasteiger partial charge on any atom is 0.371 e. The summed E-state index contributed by atoms with van der Waals surface area (Å²) in [6.45, 7) is 0.725. The Morgan fingerprint density at radius 2 is 1.45 bits per heavy atom. The highest BCUT2D eigenvalue weighted by atomic mass is 16.4. The minimum absolute atomic E-state index is 0.278. The Labute approximate surface area is 62.6 Å². The van der Waals surface area contributed by atoms with Gasteiger partial charge in [0.2, 0.25) is 5.78 Å². The van der Waals surface area contributed by atoms with Crippen LogP contribution in [0.4, 0.5) is 0 Å². The number of nitrogens with two attached hydrogens (primary N) is 1. The van der Waals surface area contributed by atoms with Crippen LogP contribution in [0.3, 0.4) is 0 Å². The van der Waals surface area contributed by atoms with Crippen LogP contribution in [0, 0.1) is 0 Å². The monoisotopic (exact) mass is 163 g/mol. The van der Waals surface area contributed by atoms with Gasteiger partial charge in [-0.1, -0.05) is 0 Å². The molecule has 0 amide bonds. The van der Waals surface area contributed by atoms with E-state index in [4.69, 9.17) is 10.2 Å². The van der Waals surface area contributed by atoms with E-state index in [0.29, 0.717) is 0 Å². The van der Waals surface area contributed by atoms with Gasteiger partial charge in [0.25, 0.3) is 0 Å². The average Bonchev–Trinajstić information content (AvgIpc) is 1.89. The Morgan fingerprint density at radius 3 is 1.45 bits per heavy atom. The van der Waals surface area contributed by atoms with Crippen LogP contribution in [0.5, 0.6) is 0 Å². The third kappa shape index (κ3) is 17.7. The van der Waals surface area contributed by atoms with Gasteiger partial charge in [0.1, 0.15) is 0 Å². The summed E-state index contributed by atoms with van der Waals surface area (Å²) in [7, 11) is 0. The average molecular weight is 163 g/mol. The Kier molecular flexibility index (Phi) is 7.46. The van der Waals surface area contributed by atoms with E-state index >= 15 is 0 Å². The number of ketones is 1. The van der Waals surface area contributed by atoms with Gasteiger partial charge in [0.15, 0.2) is 0 Å². The molecule has 0 aliphatic carbocycles. The van der Waals surface area contributed by atoms with Crippen molar-refractivity contribution in [3.63, 3.8) is 0 Å². The van der Waals surface area contributed by atoms with Crippen molar-refractivity contribution in [3.8, 4) is 0 Å². The van der Waals surface area contributed by atoms with Crippen molar-refractivity contribution < 1.29 is 24.6 Å². The summed E-state index contributed by atoms with van der Waals surface area (Å²) >= 11 is 0. The van der Waals surface area contributed by atoms with Crippen LogP contribution in [0.1, 0.15) is 6.92 Å². The number of carbonyl (C=O) groups is 3. The zero-order valence-electron chi connectivity index (χ0n) is 5.90. The molecule has 0 aliphatic heterocycles. The second-order valence-electron chi connectivity index (χ2n) is 1.46.